The van der Waals surface area contributed by atoms with Gasteiger partial charge in [0.05, 0.1) is 29.3 Å². The van der Waals surface area contributed by atoms with Gasteiger partial charge >= 0.3 is 0 Å². The summed E-state index contributed by atoms with van der Waals surface area (Å²) in [5, 5.41) is 0. The number of aromatic amines is 2. The van der Waals surface area contributed by atoms with Crippen LogP contribution in [0.2, 0.25) is 0 Å². The lowest BCUT2D eigenvalue weighted by Gasteiger charge is -1.96. The Labute approximate surface area is 85.4 Å². The molecule has 0 atom stereocenters. The van der Waals surface area contributed by atoms with E-state index >= 15 is 0 Å². The number of hydrogen-bond donors (Lipinski definition) is 3. The number of nitrogen functional groups attached to an aromatic ring is 1. The number of nitrogens with two attached hydrogens (primary N) is 1. The van der Waals surface area contributed by atoms with Gasteiger partial charge in [-0.25, -0.2) is 9.97 Å². The maximum Gasteiger partial charge on any atom is 0.198 e. The molecule has 15 heavy (non-hydrogen) atoms. The van der Waals surface area contributed by atoms with Crippen LogP contribution in [0.1, 0.15) is 0 Å². The zero-order valence-corrected chi connectivity index (χ0v) is 7.86. The smallest absolute Gasteiger partial charge is 0.198 e. The number of H-pyrrole nitrogens is 2. The van der Waals surface area contributed by atoms with Gasteiger partial charge < -0.3 is 15.7 Å². The van der Waals surface area contributed by atoms with Crippen LogP contribution in [0.15, 0.2) is 30.7 Å². The van der Waals surface area contributed by atoms with Crippen LogP contribution in [-0.4, -0.2) is 19.9 Å². The number of nitrogens with zero attached hydrogens (tertiary/aromatic N) is 2. The van der Waals surface area contributed by atoms with Crippen molar-refractivity contribution in [2.24, 2.45) is 0 Å². The van der Waals surface area contributed by atoms with E-state index in [9.17, 15) is 0 Å². The molecule has 0 aliphatic rings. The molecule has 5 nitrogen and oxygen atoms in total. The summed E-state index contributed by atoms with van der Waals surface area (Å²) >= 11 is 0. The van der Waals surface area contributed by atoms with E-state index in [2.05, 4.69) is 19.9 Å². The molecule has 0 spiro atoms. The highest BCUT2D eigenvalue weighted by atomic mass is 15.0. The minimum absolute atomic E-state index is 0.437. The van der Waals surface area contributed by atoms with E-state index in [4.69, 9.17) is 5.73 Å². The average Bonchev–Trinajstić information content (AvgIpc) is 2.82. The molecule has 0 fully saturated rings. The zero-order valence-electron chi connectivity index (χ0n) is 7.86. The van der Waals surface area contributed by atoms with E-state index < -0.39 is 0 Å². The third-order valence-electron chi connectivity index (χ3n) is 2.31. The number of rotatable bonds is 1. The molecule has 0 saturated heterocycles. The summed E-state index contributed by atoms with van der Waals surface area (Å²) in [7, 11) is 0. The highest BCUT2D eigenvalue weighted by Crippen LogP contribution is 2.21. The Morgan fingerprint density at radius 2 is 2.20 bits per heavy atom. The van der Waals surface area contributed by atoms with Gasteiger partial charge in [-0.1, -0.05) is 6.07 Å². The van der Waals surface area contributed by atoms with E-state index in [0.717, 1.165) is 22.3 Å². The van der Waals surface area contributed by atoms with Gasteiger partial charge in [0.2, 0.25) is 0 Å². The summed E-state index contributed by atoms with van der Waals surface area (Å²) in [6.45, 7) is 0. The Morgan fingerprint density at radius 3 is 3.00 bits per heavy atom. The van der Waals surface area contributed by atoms with Crippen LogP contribution >= 0.6 is 0 Å². The molecule has 4 N–H and O–H groups in total. The number of benzene rings is 1. The molecule has 0 radical (unpaired) electrons. The van der Waals surface area contributed by atoms with Crippen LogP contribution in [0, 0.1) is 0 Å². The summed E-state index contributed by atoms with van der Waals surface area (Å²) in [6, 6.07) is 5.90. The number of imidazole rings is 2. The number of aromatic nitrogens is 4. The molecule has 0 aliphatic carbocycles. The van der Waals surface area contributed by atoms with Gasteiger partial charge in [-0.2, -0.15) is 0 Å². The van der Waals surface area contributed by atoms with E-state index in [1.54, 1.807) is 12.5 Å². The number of nitrogens with one attached hydrogen (secondary N) is 2. The molecule has 0 amide bonds. The molecule has 2 aromatic heterocycles. The predicted octanol–water partition coefficient (Wildman–Crippen LogP) is 1.54. The fraction of sp³-hybridized carbons (Fsp3) is 0. The van der Waals surface area contributed by atoms with Gasteiger partial charge in [-0.15, -0.1) is 0 Å². The molecule has 0 unspecified atom stereocenters. The molecule has 0 saturated carbocycles. The standard InChI is InChI=1S/C10H9N5/c11-10-14-7-2-1-6(3-8(7)15-10)9-4-12-5-13-9/h1-5H,(H,12,13)(H3,11,14,15). The second-order valence-electron chi connectivity index (χ2n) is 3.32. The molecule has 3 rings (SSSR count). The molecule has 3 aromatic rings. The van der Waals surface area contributed by atoms with E-state index in [-0.39, 0.29) is 0 Å². The van der Waals surface area contributed by atoms with Crippen LogP contribution < -0.4 is 5.73 Å². The first-order valence-electron chi connectivity index (χ1n) is 4.57. The van der Waals surface area contributed by atoms with Crippen molar-refractivity contribution in [1.82, 2.24) is 19.9 Å². The minimum Gasteiger partial charge on any atom is -0.369 e. The Hall–Kier alpha value is -2.30. The summed E-state index contributed by atoms with van der Waals surface area (Å²) in [5.74, 6) is 0.437. The van der Waals surface area contributed by atoms with Crippen LogP contribution in [0.25, 0.3) is 22.3 Å². The van der Waals surface area contributed by atoms with Crippen molar-refractivity contribution < 1.29 is 0 Å². The quantitative estimate of drug-likeness (QED) is 0.555. The fourth-order valence-electron chi connectivity index (χ4n) is 1.61. The zero-order chi connectivity index (χ0) is 10.3. The van der Waals surface area contributed by atoms with Gasteiger partial charge in [0, 0.05) is 5.56 Å². The molecular formula is C10H9N5. The maximum absolute atomic E-state index is 5.57. The van der Waals surface area contributed by atoms with Crippen molar-refractivity contribution in [2.75, 3.05) is 5.73 Å². The van der Waals surface area contributed by atoms with Crippen LogP contribution in [-0.2, 0) is 0 Å². The van der Waals surface area contributed by atoms with Gasteiger partial charge in [0.1, 0.15) is 0 Å². The van der Waals surface area contributed by atoms with Gasteiger partial charge in [0.25, 0.3) is 0 Å². The Kier molecular flexibility index (Phi) is 1.53. The number of hydrogen-bond acceptors (Lipinski definition) is 3. The summed E-state index contributed by atoms with van der Waals surface area (Å²) in [6.07, 6.45) is 3.43. The third kappa shape index (κ3) is 1.25. The van der Waals surface area contributed by atoms with Crippen LogP contribution in [0.5, 0.6) is 0 Å². The van der Waals surface area contributed by atoms with E-state index in [0.29, 0.717) is 5.95 Å². The number of fused-ring (bicyclic) bond motifs is 1. The van der Waals surface area contributed by atoms with Crippen LogP contribution in [0.4, 0.5) is 5.95 Å². The van der Waals surface area contributed by atoms with Crippen molar-refractivity contribution in [3.8, 4) is 11.3 Å². The second-order valence-corrected chi connectivity index (χ2v) is 3.32. The molecule has 0 aliphatic heterocycles. The number of anilines is 1. The third-order valence-corrected chi connectivity index (χ3v) is 2.31. The molecular weight excluding hydrogens is 190 g/mol. The van der Waals surface area contributed by atoms with Gasteiger partial charge in [-0.05, 0) is 12.1 Å². The van der Waals surface area contributed by atoms with Crippen molar-refractivity contribution >= 4 is 17.0 Å². The normalized spacial score (nSPS) is 10.9. The molecule has 2 heterocycles. The first-order chi connectivity index (χ1) is 7.33. The summed E-state index contributed by atoms with van der Waals surface area (Å²) in [5.41, 5.74) is 9.41. The molecule has 1 aromatic carbocycles. The Morgan fingerprint density at radius 1 is 1.27 bits per heavy atom. The van der Waals surface area contributed by atoms with Crippen LogP contribution in [0.3, 0.4) is 0 Å². The van der Waals surface area contributed by atoms with Crippen molar-refractivity contribution in [1.29, 1.82) is 0 Å². The monoisotopic (exact) mass is 199 g/mol. The highest BCUT2D eigenvalue weighted by molar-refractivity contribution is 5.82. The van der Waals surface area contributed by atoms with E-state index in [1.807, 2.05) is 18.2 Å². The maximum atomic E-state index is 5.57. The van der Waals surface area contributed by atoms with Crippen molar-refractivity contribution in [2.45, 2.75) is 0 Å². The minimum atomic E-state index is 0.437. The first kappa shape index (κ1) is 8.05. The second kappa shape index (κ2) is 2.84. The molecule has 74 valence electrons. The predicted molar refractivity (Wildman–Crippen MR) is 58.1 cm³/mol. The SMILES string of the molecule is Nc1nc2ccc(-c3cnc[nH]3)cc2[nH]1. The summed E-state index contributed by atoms with van der Waals surface area (Å²) < 4.78 is 0. The highest BCUT2D eigenvalue weighted by Gasteiger charge is 2.03. The lowest BCUT2D eigenvalue weighted by atomic mass is 10.1. The Bertz CT molecular complexity index is 593. The molecule has 5 heteroatoms. The van der Waals surface area contributed by atoms with Crippen molar-refractivity contribution in [3.63, 3.8) is 0 Å². The first-order valence-corrected chi connectivity index (χ1v) is 4.57. The van der Waals surface area contributed by atoms with Crippen molar-refractivity contribution in [3.05, 3.63) is 30.7 Å². The Balaban J connectivity index is 2.21. The molecule has 0 bridgehead atoms. The summed E-state index contributed by atoms with van der Waals surface area (Å²) in [4.78, 5) is 14.2. The largest absolute Gasteiger partial charge is 0.369 e. The van der Waals surface area contributed by atoms with Gasteiger partial charge in [0.15, 0.2) is 5.95 Å². The fourth-order valence-corrected chi connectivity index (χ4v) is 1.61. The lowest BCUT2D eigenvalue weighted by molar-refractivity contribution is 1.31. The lowest BCUT2D eigenvalue weighted by Crippen LogP contribution is -1.84. The van der Waals surface area contributed by atoms with Gasteiger partial charge in [-0.3, -0.25) is 0 Å². The topological polar surface area (TPSA) is 83.4 Å². The average molecular weight is 199 g/mol. The van der Waals surface area contributed by atoms with E-state index in [1.165, 1.54) is 0 Å².